The number of hydrogen-bond acceptors (Lipinski definition) is 3. The van der Waals surface area contributed by atoms with Crippen molar-refractivity contribution in [2.45, 2.75) is 19.3 Å². The van der Waals surface area contributed by atoms with E-state index in [0.29, 0.717) is 24.2 Å². The summed E-state index contributed by atoms with van der Waals surface area (Å²) in [6, 6.07) is 1.77. The van der Waals surface area contributed by atoms with Gasteiger partial charge < -0.3 is 0 Å². The minimum absolute atomic E-state index is 0.0924. The second kappa shape index (κ2) is 4.09. The molecule has 3 rings (SSSR count). The Morgan fingerprint density at radius 2 is 1.80 bits per heavy atom. The third-order valence-corrected chi connectivity index (χ3v) is 3.84. The lowest BCUT2D eigenvalue weighted by Crippen LogP contribution is -2.66. The van der Waals surface area contributed by atoms with Gasteiger partial charge in [-0.2, -0.15) is 0 Å². The molecule has 104 valence electrons. The number of carbonyl (C=O) groups excluding carboxylic acids is 3. The number of nitrogens with one attached hydrogen (secondary N) is 1. The summed E-state index contributed by atoms with van der Waals surface area (Å²) >= 11 is 0. The Morgan fingerprint density at radius 1 is 1.10 bits per heavy atom. The van der Waals surface area contributed by atoms with Crippen LogP contribution in [0.3, 0.4) is 0 Å². The Kier molecular flexibility index (Phi) is 2.60. The Hall–Kier alpha value is -2.31. The first-order valence-corrected chi connectivity index (χ1v) is 6.11. The molecule has 0 unspecified atom stereocenters. The zero-order chi connectivity index (χ0) is 14.5. The largest absolute Gasteiger partial charge is 0.335 e. The fourth-order valence-corrected chi connectivity index (χ4v) is 2.51. The van der Waals surface area contributed by atoms with Crippen molar-refractivity contribution in [1.29, 1.82) is 0 Å². The predicted octanol–water partition coefficient (Wildman–Crippen LogP) is 1.72. The quantitative estimate of drug-likeness (QED) is 0.796. The van der Waals surface area contributed by atoms with Crippen LogP contribution in [-0.4, -0.2) is 17.8 Å². The van der Waals surface area contributed by atoms with E-state index in [1.807, 2.05) is 0 Å². The molecule has 2 aliphatic rings. The van der Waals surface area contributed by atoms with Crippen molar-refractivity contribution in [3.63, 3.8) is 0 Å². The van der Waals surface area contributed by atoms with Crippen LogP contribution in [0.1, 0.15) is 19.3 Å². The van der Waals surface area contributed by atoms with Gasteiger partial charge in [0.05, 0.1) is 5.69 Å². The number of imide groups is 2. The number of carbonyl (C=O) groups is 3. The van der Waals surface area contributed by atoms with Crippen LogP contribution in [0.5, 0.6) is 0 Å². The normalized spacial score (nSPS) is 20.9. The molecule has 0 radical (unpaired) electrons. The minimum Gasteiger partial charge on any atom is -0.276 e. The molecular formula is C13H10F2N2O3. The van der Waals surface area contributed by atoms with E-state index in [0.717, 1.165) is 18.2 Å². The third kappa shape index (κ3) is 1.55. The van der Waals surface area contributed by atoms with E-state index in [1.165, 1.54) is 0 Å². The number of urea groups is 1. The summed E-state index contributed by atoms with van der Waals surface area (Å²) in [7, 11) is 0. The molecule has 1 N–H and O–H groups in total. The zero-order valence-electron chi connectivity index (χ0n) is 10.3. The fraction of sp³-hybridized carbons (Fsp3) is 0.308. The highest BCUT2D eigenvalue weighted by Gasteiger charge is 2.57. The number of halogens is 2. The second-order valence-corrected chi connectivity index (χ2v) is 4.93. The highest BCUT2D eigenvalue weighted by molar-refractivity contribution is 6.30. The average molecular weight is 280 g/mol. The predicted molar refractivity (Wildman–Crippen MR) is 63.7 cm³/mol. The standard InChI is InChI=1S/C13H10F2N2O3/c14-8-3-2-7(6-9(8)15)17-11(19)13(4-1-5-13)10(18)16-12(17)20/h2-3,6H,1,4-5H2,(H,16,18,20). The number of rotatable bonds is 1. The highest BCUT2D eigenvalue weighted by atomic mass is 19.2. The first-order chi connectivity index (χ1) is 9.45. The molecule has 1 saturated carbocycles. The van der Waals surface area contributed by atoms with Crippen LogP contribution < -0.4 is 10.2 Å². The molecule has 1 heterocycles. The Balaban J connectivity index is 2.03. The lowest BCUT2D eigenvalue weighted by Gasteiger charge is -2.44. The van der Waals surface area contributed by atoms with E-state index in [4.69, 9.17) is 0 Å². The second-order valence-electron chi connectivity index (χ2n) is 4.93. The lowest BCUT2D eigenvalue weighted by molar-refractivity contribution is -0.148. The molecule has 1 saturated heterocycles. The number of barbiturate groups is 1. The van der Waals surface area contributed by atoms with Gasteiger partial charge in [0.25, 0.3) is 5.91 Å². The molecule has 0 atom stereocenters. The van der Waals surface area contributed by atoms with Crippen molar-refractivity contribution in [2.75, 3.05) is 4.90 Å². The number of amides is 4. The summed E-state index contributed by atoms with van der Waals surface area (Å²) < 4.78 is 26.2. The summed E-state index contributed by atoms with van der Waals surface area (Å²) in [6.07, 6.45) is 1.41. The molecule has 5 nitrogen and oxygen atoms in total. The van der Waals surface area contributed by atoms with Crippen molar-refractivity contribution in [2.24, 2.45) is 5.41 Å². The summed E-state index contributed by atoms with van der Waals surface area (Å²) in [5, 5.41) is 2.10. The van der Waals surface area contributed by atoms with Crippen molar-refractivity contribution < 1.29 is 23.2 Å². The minimum atomic E-state index is -1.24. The maximum absolute atomic E-state index is 13.2. The SMILES string of the molecule is O=C1NC(=O)C2(CCC2)C(=O)N1c1ccc(F)c(F)c1. The summed E-state index contributed by atoms with van der Waals surface area (Å²) in [6.45, 7) is 0. The van der Waals surface area contributed by atoms with Gasteiger partial charge in [0, 0.05) is 6.07 Å². The van der Waals surface area contributed by atoms with Gasteiger partial charge in [0.1, 0.15) is 5.41 Å². The molecule has 4 amide bonds. The van der Waals surface area contributed by atoms with Crippen LogP contribution in [0.15, 0.2) is 18.2 Å². The van der Waals surface area contributed by atoms with Crippen molar-refractivity contribution >= 4 is 23.5 Å². The summed E-state index contributed by atoms with van der Waals surface area (Å²) in [4.78, 5) is 36.7. The summed E-state index contributed by atoms with van der Waals surface area (Å²) in [5.41, 5.74) is -1.33. The van der Waals surface area contributed by atoms with E-state index < -0.39 is 34.9 Å². The monoisotopic (exact) mass is 280 g/mol. The number of nitrogens with zero attached hydrogens (tertiary/aromatic N) is 1. The fourth-order valence-electron chi connectivity index (χ4n) is 2.51. The van der Waals surface area contributed by atoms with Crippen LogP contribution in [0, 0.1) is 17.0 Å². The maximum Gasteiger partial charge on any atom is 0.335 e. The maximum atomic E-state index is 13.2. The first kappa shape index (κ1) is 12.7. The zero-order valence-corrected chi connectivity index (χ0v) is 10.3. The van der Waals surface area contributed by atoms with Gasteiger partial charge in [-0.15, -0.1) is 0 Å². The number of anilines is 1. The van der Waals surface area contributed by atoms with Gasteiger partial charge in [-0.25, -0.2) is 18.5 Å². The molecule has 1 aromatic rings. The summed E-state index contributed by atoms with van der Waals surface area (Å²) in [5.74, 6) is -3.53. The lowest BCUT2D eigenvalue weighted by atomic mass is 9.66. The van der Waals surface area contributed by atoms with Crippen molar-refractivity contribution in [3.8, 4) is 0 Å². The molecular weight excluding hydrogens is 270 g/mol. The van der Waals surface area contributed by atoms with Crippen LogP contribution in [0.2, 0.25) is 0 Å². The molecule has 2 fully saturated rings. The highest BCUT2D eigenvalue weighted by Crippen LogP contribution is 2.45. The van der Waals surface area contributed by atoms with E-state index in [1.54, 1.807) is 0 Å². The molecule has 1 spiro atoms. The van der Waals surface area contributed by atoms with Crippen LogP contribution >= 0.6 is 0 Å². The van der Waals surface area contributed by atoms with Gasteiger partial charge >= 0.3 is 6.03 Å². The Labute approximate surface area is 112 Å². The molecule has 1 aromatic carbocycles. The third-order valence-electron chi connectivity index (χ3n) is 3.84. The number of hydrogen-bond donors (Lipinski definition) is 1. The molecule has 20 heavy (non-hydrogen) atoms. The van der Waals surface area contributed by atoms with Gasteiger partial charge in [0.15, 0.2) is 11.6 Å². The molecule has 0 aromatic heterocycles. The average Bonchev–Trinajstić information content (AvgIpc) is 2.31. The van der Waals surface area contributed by atoms with Crippen LogP contribution in [0.25, 0.3) is 0 Å². The van der Waals surface area contributed by atoms with Gasteiger partial charge in [0.2, 0.25) is 5.91 Å². The van der Waals surface area contributed by atoms with Crippen LogP contribution in [-0.2, 0) is 9.59 Å². The smallest absolute Gasteiger partial charge is 0.276 e. The van der Waals surface area contributed by atoms with Gasteiger partial charge in [-0.1, -0.05) is 6.42 Å². The number of benzene rings is 1. The van der Waals surface area contributed by atoms with E-state index >= 15 is 0 Å². The van der Waals surface area contributed by atoms with Crippen molar-refractivity contribution in [1.82, 2.24) is 5.32 Å². The van der Waals surface area contributed by atoms with Crippen LogP contribution in [0.4, 0.5) is 19.3 Å². The van der Waals surface area contributed by atoms with Gasteiger partial charge in [-0.05, 0) is 25.0 Å². The molecule has 1 aliphatic heterocycles. The van der Waals surface area contributed by atoms with E-state index in [9.17, 15) is 23.2 Å². The molecule has 7 heteroatoms. The van der Waals surface area contributed by atoms with Gasteiger partial charge in [-0.3, -0.25) is 14.9 Å². The van der Waals surface area contributed by atoms with Crippen molar-refractivity contribution in [3.05, 3.63) is 29.8 Å². The first-order valence-electron chi connectivity index (χ1n) is 6.11. The Bertz CT molecular complexity index is 641. The molecule has 1 aliphatic carbocycles. The van der Waals surface area contributed by atoms with E-state index in [2.05, 4.69) is 5.32 Å². The topological polar surface area (TPSA) is 66.5 Å². The molecule has 0 bridgehead atoms. The van der Waals surface area contributed by atoms with E-state index in [-0.39, 0.29) is 5.69 Å². The Morgan fingerprint density at radius 3 is 2.35 bits per heavy atom.